The minimum absolute atomic E-state index is 0.539. The van der Waals surface area contributed by atoms with Crippen LogP contribution in [0.2, 0.25) is 0 Å². The molecule has 0 spiro atoms. The first-order chi connectivity index (χ1) is 14.5. The van der Waals surface area contributed by atoms with E-state index in [4.69, 9.17) is 11.6 Å². The Morgan fingerprint density at radius 2 is 2.07 bits per heavy atom. The fourth-order valence-corrected chi connectivity index (χ4v) is 3.09. The van der Waals surface area contributed by atoms with Crippen LogP contribution in [0.4, 0.5) is 0 Å². The fourth-order valence-electron chi connectivity index (χ4n) is 3.09. The van der Waals surface area contributed by atoms with Crippen LogP contribution in [0.5, 0.6) is 0 Å². The quantitative estimate of drug-likeness (QED) is 0.223. The van der Waals surface area contributed by atoms with Gasteiger partial charge < -0.3 is 15.7 Å². The number of fused-ring (bicyclic) bond motifs is 1. The Morgan fingerprint density at radius 3 is 2.77 bits per heavy atom. The largest absolute Gasteiger partial charge is 0.397 e. The van der Waals surface area contributed by atoms with E-state index in [1.807, 2.05) is 55.6 Å². The molecule has 0 atom stereocenters. The molecule has 0 aliphatic heterocycles. The molecule has 154 valence electrons. The van der Waals surface area contributed by atoms with Crippen LogP contribution in [-0.4, -0.2) is 21.2 Å². The SMILES string of the molecule is C=C(/C=C(\N=CC)c1c[nH]c2ncc(/C(N)=C/N(N)Cc3ccccc3)cc12)CC. The number of hydrazine groups is 1. The van der Waals surface area contributed by atoms with E-state index in [-0.39, 0.29) is 0 Å². The molecule has 6 nitrogen and oxygen atoms in total. The highest BCUT2D eigenvalue weighted by Crippen LogP contribution is 2.28. The van der Waals surface area contributed by atoms with E-state index in [9.17, 15) is 0 Å². The van der Waals surface area contributed by atoms with Crippen LogP contribution in [0.15, 0.2) is 78.2 Å². The van der Waals surface area contributed by atoms with E-state index in [2.05, 4.69) is 28.5 Å². The molecule has 0 bridgehead atoms. The van der Waals surface area contributed by atoms with Crippen LogP contribution in [0.3, 0.4) is 0 Å². The van der Waals surface area contributed by atoms with Gasteiger partial charge in [-0.3, -0.25) is 4.99 Å². The summed E-state index contributed by atoms with van der Waals surface area (Å²) in [7, 11) is 0. The molecule has 0 unspecified atom stereocenters. The van der Waals surface area contributed by atoms with Crippen LogP contribution >= 0.6 is 0 Å². The lowest BCUT2D eigenvalue weighted by Gasteiger charge is -2.15. The maximum absolute atomic E-state index is 6.33. The van der Waals surface area contributed by atoms with Gasteiger partial charge in [-0.1, -0.05) is 49.4 Å². The number of pyridine rings is 1. The summed E-state index contributed by atoms with van der Waals surface area (Å²) < 4.78 is 0. The molecule has 1 aromatic carbocycles. The number of aliphatic imine (C=N–C) groups is 1. The van der Waals surface area contributed by atoms with Gasteiger partial charge >= 0.3 is 0 Å². The molecule has 3 rings (SSSR count). The number of rotatable bonds is 8. The van der Waals surface area contributed by atoms with Crippen molar-refractivity contribution in [3.05, 3.63) is 89.9 Å². The molecule has 30 heavy (non-hydrogen) atoms. The van der Waals surface area contributed by atoms with Crippen molar-refractivity contribution in [3.8, 4) is 0 Å². The molecule has 0 fully saturated rings. The summed E-state index contributed by atoms with van der Waals surface area (Å²) >= 11 is 0. The highest BCUT2D eigenvalue weighted by molar-refractivity contribution is 5.93. The van der Waals surface area contributed by atoms with Crippen LogP contribution < -0.4 is 11.6 Å². The zero-order valence-corrected chi connectivity index (χ0v) is 17.5. The predicted octanol–water partition coefficient (Wildman–Crippen LogP) is 4.59. The summed E-state index contributed by atoms with van der Waals surface area (Å²) in [6.45, 7) is 8.60. The average molecular weight is 401 g/mol. The molecule has 2 aromatic heterocycles. The lowest BCUT2D eigenvalue weighted by molar-refractivity contribution is 0.388. The Balaban J connectivity index is 1.93. The lowest BCUT2D eigenvalue weighted by atomic mass is 10.1. The molecule has 0 amide bonds. The Morgan fingerprint density at radius 1 is 1.30 bits per heavy atom. The molecular weight excluding hydrogens is 372 g/mol. The van der Waals surface area contributed by atoms with Crippen LogP contribution in [-0.2, 0) is 6.54 Å². The third-order valence-corrected chi connectivity index (χ3v) is 4.72. The molecule has 5 N–H and O–H groups in total. The van der Waals surface area contributed by atoms with Gasteiger partial charge in [0.05, 0.1) is 17.9 Å². The Kier molecular flexibility index (Phi) is 6.83. The van der Waals surface area contributed by atoms with Crippen molar-refractivity contribution in [1.82, 2.24) is 15.0 Å². The molecule has 0 radical (unpaired) electrons. The Bertz CT molecular complexity index is 1110. The van der Waals surface area contributed by atoms with Gasteiger partial charge in [-0.25, -0.2) is 10.8 Å². The van der Waals surface area contributed by atoms with Gasteiger partial charge in [0.2, 0.25) is 0 Å². The number of aromatic nitrogens is 2. The van der Waals surface area contributed by atoms with Gasteiger partial charge in [0.25, 0.3) is 0 Å². The minimum atomic E-state index is 0.539. The fraction of sp³-hybridized carbons (Fsp3) is 0.167. The second-order valence-corrected chi connectivity index (χ2v) is 6.99. The Hall–Kier alpha value is -3.64. The first-order valence-electron chi connectivity index (χ1n) is 9.90. The Labute approximate surface area is 177 Å². The van der Waals surface area contributed by atoms with Crippen LogP contribution in [0.1, 0.15) is 37.0 Å². The monoisotopic (exact) mass is 400 g/mol. The number of aromatic amines is 1. The van der Waals surface area contributed by atoms with E-state index < -0.39 is 0 Å². The summed E-state index contributed by atoms with van der Waals surface area (Å²) in [6, 6.07) is 12.0. The summed E-state index contributed by atoms with van der Waals surface area (Å²) in [5.74, 6) is 6.14. The molecule has 3 aromatic rings. The van der Waals surface area contributed by atoms with E-state index in [1.165, 1.54) is 0 Å². The highest BCUT2D eigenvalue weighted by Gasteiger charge is 2.11. The first-order valence-corrected chi connectivity index (χ1v) is 9.90. The number of nitrogens with one attached hydrogen (secondary N) is 1. The highest BCUT2D eigenvalue weighted by atomic mass is 15.4. The van der Waals surface area contributed by atoms with Crippen molar-refractivity contribution in [3.63, 3.8) is 0 Å². The zero-order chi connectivity index (χ0) is 21.5. The molecule has 0 aliphatic carbocycles. The second kappa shape index (κ2) is 9.71. The van der Waals surface area contributed by atoms with Gasteiger partial charge in [0.15, 0.2) is 0 Å². The summed E-state index contributed by atoms with van der Waals surface area (Å²) in [5.41, 5.74) is 12.3. The first kappa shape index (κ1) is 21.1. The number of allylic oxidation sites excluding steroid dienone is 2. The van der Waals surface area contributed by atoms with E-state index in [0.29, 0.717) is 12.2 Å². The summed E-state index contributed by atoms with van der Waals surface area (Å²) in [5, 5.41) is 2.52. The molecular formula is C24H28N6. The molecule has 0 aliphatic rings. The maximum atomic E-state index is 6.33. The molecule has 2 heterocycles. The predicted molar refractivity (Wildman–Crippen MR) is 126 cm³/mol. The van der Waals surface area contributed by atoms with Crippen molar-refractivity contribution in [2.75, 3.05) is 0 Å². The third-order valence-electron chi connectivity index (χ3n) is 4.72. The van der Waals surface area contributed by atoms with Gasteiger partial charge in [-0.15, -0.1) is 0 Å². The third kappa shape index (κ3) is 5.04. The minimum Gasteiger partial charge on any atom is -0.397 e. The van der Waals surface area contributed by atoms with Crippen molar-refractivity contribution in [1.29, 1.82) is 0 Å². The molecule has 6 heteroatoms. The van der Waals surface area contributed by atoms with Gasteiger partial charge in [0.1, 0.15) is 5.65 Å². The van der Waals surface area contributed by atoms with E-state index in [1.54, 1.807) is 23.6 Å². The second-order valence-electron chi connectivity index (χ2n) is 6.99. The number of hydrogen-bond donors (Lipinski definition) is 3. The molecule has 0 saturated carbocycles. The maximum Gasteiger partial charge on any atom is 0.137 e. The van der Waals surface area contributed by atoms with Gasteiger partial charge in [0, 0.05) is 41.3 Å². The van der Waals surface area contributed by atoms with Crippen molar-refractivity contribution in [2.45, 2.75) is 26.8 Å². The number of nitrogens with two attached hydrogens (primary N) is 2. The summed E-state index contributed by atoms with van der Waals surface area (Å²) in [4.78, 5) is 12.3. The lowest BCUT2D eigenvalue weighted by Crippen LogP contribution is -2.25. The standard InChI is InChI=1S/C24H28N6/c1-4-17(3)11-23(27-5-2)21-14-29-24-20(21)12-19(13-28-24)22(25)16-30(26)15-18-9-7-6-8-10-18/h5-14,16H,3-4,15,25-26H2,1-2H3,(H,28,29)/b22-16-,23-11-,27-5?. The van der Waals surface area contributed by atoms with E-state index >= 15 is 0 Å². The van der Waals surface area contributed by atoms with Crippen molar-refractivity contribution < 1.29 is 0 Å². The topological polar surface area (TPSA) is 96.3 Å². The zero-order valence-electron chi connectivity index (χ0n) is 17.5. The number of nitrogens with zero attached hydrogens (tertiary/aromatic N) is 3. The van der Waals surface area contributed by atoms with Crippen LogP contribution in [0.25, 0.3) is 22.4 Å². The smallest absolute Gasteiger partial charge is 0.137 e. The number of benzene rings is 1. The van der Waals surface area contributed by atoms with E-state index in [0.717, 1.165) is 45.4 Å². The average Bonchev–Trinajstić information content (AvgIpc) is 3.17. The normalized spacial score (nSPS) is 12.6. The number of H-pyrrole nitrogens is 1. The molecule has 0 saturated heterocycles. The summed E-state index contributed by atoms with van der Waals surface area (Å²) in [6.07, 6.45) is 10.0. The van der Waals surface area contributed by atoms with Crippen molar-refractivity contribution in [2.24, 2.45) is 16.6 Å². The van der Waals surface area contributed by atoms with Gasteiger partial charge in [-0.2, -0.15) is 0 Å². The van der Waals surface area contributed by atoms with Crippen molar-refractivity contribution >= 4 is 28.6 Å². The van der Waals surface area contributed by atoms with Gasteiger partial charge in [-0.05, 0) is 31.1 Å². The number of hydrogen-bond acceptors (Lipinski definition) is 5. The van der Waals surface area contributed by atoms with Crippen LogP contribution in [0, 0.1) is 0 Å².